The predicted octanol–water partition coefficient (Wildman–Crippen LogP) is 1.81. The van der Waals surface area contributed by atoms with Crippen molar-refractivity contribution in [1.82, 2.24) is 15.0 Å². The van der Waals surface area contributed by atoms with Gasteiger partial charge in [-0.05, 0) is 6.92 Å². The van der Waals surface area contributed by atoms with Crippen molar-refractivity contribution in [2.45, 2.75) is 31.2 Å². The monoisotopic (exact) mass is 228 g/mol. The molecule has 0 radical (unpaired) electrons. The molecule has 1 aromatic heterocycles. The molecule has 6 heteroatoms. The molecule has 0 aliphatic carbocycles. The van der Waals surface area contributed by atoms with Crippen LogP contribution in [-0.4, -0.2) is 33.9 Å². The summed E-state index contributed by atoms with van der Waals surface area (Å²) in [5.74, 6) is 0.539. The van der Waals surface area contributed by atoms with E-state index in [0.717, 1.165) is 0 Å². The number of nitrogens with one attached hydrogen (secondary N) is 1. The molecule has 0 spiro atoms. The Morgan fingerprint density at radius 1 is 1.33 bits per heavy atom. The SMILES string of the molecule is CCOc1nc(NC)nc(SC(C)C)n1. The van der Waals surface area contributed by atoms with Crippen LogP contribution in [0.5, 0.6) is 6.01 Å². The molecule has 0 aromatic carbocycles. The van der Waals surface area contributed by atoms with Gasteiger partial charge in [-0.2, -0.15) is 15.0 Å². The van der Waals surface area contributed by atoms with E-state index in [2.05, 4.69) is 34.1 Å². The fourth-order valence-electron chi connectivity index (χ4n) is 0.907. The Morgan fingerprint density at radius 2 is 2.07 bits per heavy atom. The van der Waals surface area contributed by atoms with E-state index >= 15 is 0 Å². The lowest BCUT2D eigenvalue weighted by Crippen LogP contribution is -2.05. The second-order valence-corrected chi connectivity index (χ2v) is 4.62. The number of nitrogens with zero attached hydrogens (tertiary/aromatic N) is 3. The summed E-state index contributed by atoms with van der Waals surface area (Å²) in [4.78, 5) is 12.5. The van der Waals surface area contributed by atoms with Crippen molar-refractivity contribution in [3.05, 3.63) is 0 Å². The molecule has 15 heavy (non-hydrogen) atoms. The summed E-state index contributed by atoms with van der Waals surface area (Å²) >= 11 is 1.59. The van der Waals surface area contributed by atoms with Gasteiger partial charge in [0.05, 0.1) is 6.61 Å². The summed E-state index contributed by atoms with van der Waals surface area (Å²) in [6.07, 6.45) is 0. The molecule has 5 nitrogen and oxygen atoms in total. The van der Waals surface area contributed by atoms with Crippen LogP contribution in [0.25, 0.3) is 0 Å². The summed E-state index contributed by atoms with van der Waals surface area (Å²) in [6, 6.07) is 0.375. The van der Waals surface area contributed by atoms with Crippen LogP contribution in [0.2, 0.25) is 0 Å². The molecule has 0 saturated carbocycles. The van der Waals surface area contributed by atoms with Crippen LogP contribution in [0.3, 0.4) is 0 Å². The van der Waals surface area contributed by atoms with Gasteiger partial charge in [0.2, 0.25) is 5.95 Å². The zero-order chi connectivity index (χ0) is 11.3. The van der Waals surface area contributed by atoms with Crippen LogP contribution >= 0.6 is 11.8 Å². The van der Waals surface area contributed by atoms with Crippen molar-refractivity contribution in [1.29, 1.82) is 0 Å². The molecule has 1 heterocycles. The van der Waals surface area contributed by atoms with Crippen molar-refractivity contribution >= 4 is 17.7 Å². The van der Waals surface area contributed by atoms with Gasteiger partial charge in [-0.25, -0.2) is 0 Å². The number of hydrogen-bond donors (Lipinski definition) is 1. The van der Waals surface area contributed by atoms with E-state index in [1.54, 1.807) is 18.8 Å². The first-order valence-electron chi connectivity index (χ1n) is 4.89. The van der Waals surface area contributed by atoms with Crippen molar-refractivity contribution in [2.75, 3.05) is 19.0 Å². The molecular formula is C9H16N4OS. The van der Waals surface area contributed by atoms with Gasteiger partial charge in [-0.15, -0.1) is 0 Å². The number of hydrogen-bond acceptors (Lipinski definition) is 6. The summed E-state index contributed by atoms with van der Waals surface area (Å²) in [5, 5.41) is 4.01. The molecule has 0 amide bonds. The molecule has 1 N–H and O–H groups in total. The Balaban J connectivity index is 2.89. The molecule has 1 aromatic rings. The molecule has 1 rings (SSSR count). The summed E-state index contributed by atoms with van der Waals surface area (Å²) in [7, 11) is 1.77. The molecule has 0 aliphatic heterocycles. The summed E-state index contributed by atoms with van der Waals surface area (Å²) in [5.41, 5.74) is 0. The quantitative estimate of drug-likeness (QED) is 0.776. The van der Waals surface area contributed by atoms with Crippen LogP contribution in [0, 0.1) is 0 Å². The van der Waals surface area contributed by atoms with Crippen LogP contribution in [0.4, 0.5) is 5.95 Å². The molecule has 0 saturated heterocycles. The van der Waals surface area contributed by atoms with E-state index in [4.69, 9.17) is 4.74 Å². The van der Waals surface area contributed by atoms with Gasteiger partial charge in [0.25, 0.3) is 0 Å². The van der Waals surface area contributed by atoms with Crippen LogP contribution < -0.4 is 10.1 Å². The highest BCUT2D eigenvalue weighted by Gasteiger charge is 2.08. The smallest absolute Gasteiger partial charge is 0.322 e. The third kappa shape index (κ3) is 3.91. The lowest BCUT2D eigenvalue weighted by molar-refractivity contribution is 0.308. The highest BCUT2D eigenvalue weighted by atomic mass is 32.2. The molecule has 84 valence electrons. The highest BCUT2D eigenvalue weighted by molar-refractivity contribution is 7.99. The van der Waals surface area contributed by atoms with Crippen molar-refractivity contribution in [3.8, 4) is 6.01 Å². The van der Waals surface area contributed by atoms with E-state index < -0.39 is 0 Å². The largest absolute Gasteiger partial charge is 0.464 e. The summed E-state index contributed by atoms with van der Waals surface area (Å²) < 4.78 is 5.26. The average molecular weight is 228 g/mol. The lowest BCUT2D eigenvalue weighted by atomic mass is 10.6. The minimum atomic E-state index is 0.375. The Kier molecular flexibility index (Phi) is 4.61. The predicted molar refractivity (Wildman–Crippen MR) is 61.5 cm³/mol. The maximum atomic E-state index is 5.26. The van der Waals surface area contributed by atoms with Crippen molar-refractivity contribution < 1.29 is 4.74 Å². The maximum absolute atomic E-state index is 5.26. The minimum absolute atomic E-state index is 0.375. The van der Waals surface area contributed by atoms with Crippen molar-refractivity contribution in [3.63, 3.8) is 0 Å². The van der Waals surface area contributed by atoms with Crippen LogP contribution in [0.1, 0.15) is 20.8 Å². The Labute approximate surface area is 94.1 Å². The van der Waals surface area contributed by atoms with Gasteiger partial charge >= 0.3 is 6.01 Å². The zero-order valence-electron chi connectivity index (χ0n) is 9.44. The normalized spacial score (nSPS) is 10.5. The number of thioether (sulfide) groups is 1. The van der Waals surface area contributed by atoms with Gasteiger partial charge in [0.1, 0.15) is 0 Å². The third-order valence-corrected chi connectivity index (χ3v) is 2.30. The second-order valence-electron chi connectivity index (χ2n) is 3.07. The molecule has 0 bridgehead atoms. The Hall–Kier alpha value is -1.04. The Morgan fingerprint density at radius 3 is 2.60 bits per heavy atom. The highest BCUT2D eigenvalue weighted by Crippen LogP contribution is 2.21. The van der Waals surface area contributed by atoms with Crippen LogP contribution in [0.15, 0.2) is 5.16 Å². The zero-order valence-corrected chi connectivity index (χ0v) is 10.3. The van der Waals surface area contributed by atoms with Gasteiger partial charge in [-0.1, -0.05) is 25.6 Å². The molecule has 0 aliphatic rings. The van der Waals surface area contributed by atoms with E-state index in [-0.39, 0.29) is 0 Å². The van der Waals surface area contributed by atoms with Crippen molar-refractivity contribution in [2.24, 2.45) is 0 Å². The molecule has 0 unspecified atom stereocenters. The molecular weight excluding hydrogens is 212 g/mol. The number of anilines is 1. The maximum Gasteiger partial charge on any atom is 0.322 e. The van der Waals surface area contributed by atoms with Gasteiger partial charge in [0.15, 0.2) is 5.16 Å². The molecule has 0 atom stereocenters. The number of ether oxygens (including phenoxy) is 1. The minimum Gasteiger partial charge on any atom is -0.464 e. The van der Waals surface area contributed by atoms with Gasteiger partial charge in [0, 0.05) is 12.3 Å². The van der Waals surface area contributed by atoms with E-state index in [0.29, 0.717) is 29.0 Å². The Bertz CT molecular complexity index is 319. The summed E-state index contributed by atoms with van der Waals surface area (Å²) in [6.45, 7) is 6.64. The van der Waals surface area contributed by atoms with E-state index in [9.17, 15) is 0 Å². The van der Waals surface area contributed by atoms with E-state index in [1.165, 1.54) is 0 Å². The topological polar surface area (TPSA) is 59.9 Å². The third-order valence-electron chi connectivity index (χ3n) is 1.43. The fraction of sp³-hybridized carbons (Fsp3) is 0.667. The standard InChI is InChI=1S/C9H16N4OS/c1-5-14-8-11-7(10-4)12-9(13-8)15-6(2)3/h6H,5H2,1-4H3,(H,10,11,12,13). The average Bonchev–Trinajstić information content (AvgIpc) is 2.16. The number of aromatic nitrogens is 3. The lowest BCUT2D eigenvalue weighted by Gasteiger charge is -2.07. The second kappa shape index (κ2) is 5.75. The first kappa shape index (κ1) is 12.0. The van der Waals surface area contributed by atoms with Gasteiger partial charge < -0.3 is 10.1 Å². The van der Waals surface area contributed by atoms with E-state index in [1.807, 2.05) is 6.92 Å². The molecule has 0 fully saturated rings. The van der Waals surface area contributed by atoms with Crippen LogP contribution in [-0.2, 0) is 0 Å². The first-order valence-corrected chi connectivity index (χ1v) is 5.77. The first-order chi connectivity index (χ1) is 7.15. The number of rotatable bonds is 5. The van der Waals surface area contributed by atoms with Gasteiger partial charge in [-0.3, -0.25) is 0 Å². The fourth-order valence-corrected chi connectivity index (χ4v) is 1.60.